The van der Waals surface area contributed by atoms with E-state index >= 15 is 0 Å². The quantitative estimate of drug-likeness (QED) is 0.663. The molecule has 5 heteroatoms. The molecule has 1 aromatic carbocycles. The number of anilines is 1. The number of nitrogens with zero attached hydrogens (tertiary/aromatic N) is 1. The molecule has 0 spiro atoms. The molecular formula is C18H23ClN2O2. The minimum atomic E-state index is -0.306. The van der Waals surface area contributed by atoms with Gasteiger partial charge in [-0.15, -0.1) is 0 Å². The molecule has 0 saturated carbocycles. The first-order valence-electron chi connectivity index (χ1n) is 8.24. The molecule has 2 aliphatic heterocycles. The summed E-state index contributed by atoms with van der Waals surface area (Å²) in [6.45, 7) is 5.10. The summed E-state index contributed by atoms with van der Waals surface area (Å²) in [5.41, 5.74) is 1.91. The summed E-state index contributed by atoms with van der Waals surface area (Å²) in [4.78, 5) is 14.4. The van der Waals surface area contributed by atoms with Crippen molar-refractivity contribution in [2.24, 2.45) is 0 Å². The molecule has 3 rings (SSSR count). The molecule has 2 unspecified atom stereocenters. The van der Waals surface area contributed by atoms with Crippen molar-refractivity contribution in [2.45, 2.75) is 31.7 Å². The Morgan fingerprint density at radius 2 is 2.22 bits per heavy atom. The third-order valence-electron chi connectivity index (χ3n) is 4.57. The van der Waals surface area contributed by atoms with E-state index in [0.29, 0.717) is 17.7 Å². The highest BCUT2D eigenvalue weighted by Gasteiger charge is 2.22. The second-order valence-corrected chi connectivity index (χ2v) is 6.64. The fourth-order valence-corrected chi connectivity index (χ4v) is 3.38. The van der Waals surface area contributed by atoms with Crippen LogP contribution in [0.4, 0.5) is 5.69 Å². The maximum Gasteiger partial charge on any atom is 0.313 e. The normalized spacial score (nSPS) is 21.7. The summed E-state index contributed by atoms with van der Waals surface area (Å²) in [6.07, 6.45) is 6.48. The number of hydrogen-bond donors (Lipinski definition) is 1. The van der Waals surface area contributed by atoms with E-state index in [1.54, 1.807) is 0 Å². The average Bonchev–Trinajstić information content (AvgIpc) is 3.25. The van der Waals surface area contributed by atoms with Gasteiger partial charge in [-0.1, -0.05) is 29.8 Å². The minimum absolute atomic E-state index is 0.189. The number of carbonyl (C=O) groups excluding carboxylic acids is 1. The molecule has 2 heterocycles. The number of halogens is 1. The van der Waals surface area contributed by atoms with Crippen molar-refractivity contribution in [3.8, 4) is 0 Å². The molecule has 0 radical (unpaired) electrons. The van der Waals surface area contributed by atoms with Crippen molar-refractivity contribution in [3.63, 3.8) is 0 Å². The van der Waals surface area contributed by atoms with Gasteiger partial charge >= 0.3 is 5.97 Å². The summed E-state index contributed by atoms with van der Waals surface area (Å²) >= 11 is 6.41. The summed E-state index contributed by atoms with van der Waals surface area (Å²) < 4.78 is 5.45. The van der Waals surface area contributed by atoms with Gasteiger partial charge in [0.1, 0.15) is 6.61 Å². The number of carbonyl (C=O) groups is 1. The largest absolute Gasteiger partial charge is 0.464 e. The SMILES string of the molecule is CC(C(=O)OCC1CCCN1)c1ccc(N2CC=CC2)c(Cl)c1. The number of hydrogen-bond acceptors (Lipinski definition) is 4. The molecule has 1 saturated heterocycles. The van der Waals surface area contributed by atoms with Crippen LogP contribution in [0.3, 0.4) is 0 Å². The van der Waals surface area contributed by atoms with Crippen LogP contribution in [0, 0.1) is 0 Å². The van der Waals surface area contributed by atoms with E-state index < -0.39 is 0 Å². The van der Waals surface area contributed by atoms with Gasteiger partial charge in [-0.05, 0) is 44.0 Å². The first kappa shape index (κ1) is 16.3. The third kappa shape index (κ3) is 3.88. The van der Waals surface area contributed by atoms with Gasteiger partial charge in [0.15, 0.2) is 0 Å². The second-order valence-electron chi connectivity index (χ2n) is 6.23. The van der Waals surface area contributed by atoms with Gasteiger partial charge in [-0.3, -0.25) is 4.79 Å². The number of esters is 1. The highest BCUT2D eigenvalue weighted by atomic mass is 35.5. The molecule has 0 aromatic heterocycles. The minimum Gasteiger partial charge on any atom is -0.464 e. The van der Waals surface area contributed by atoms with Gasteiger partial charge in [-0.2, -0.15) is 0 Å². The van der Waals surface area contributed by atoms with Gasteiger partial charge in [0, 0.05) is 19.1 Å². The average molecular weight is 335 g/mol. The molecule has 1 N–H and O–H groups in total. The van der Waals surface area contributed by atoms with E-state index in [-0.39, 0.29) is 11.9 Å². The van der Waals surface area contributed by atoms with Crippen molar-refractivity contribution in [1.29, 1.82) is 0 Å². The Balaban J connectivity index is 1.60. The number of ether oxygens (including phenoxy) is 1. The van der Waals surface area contributed by atoms with E-state index in [4.69, 9.17) is 16.3 Å². The molecule has 4 nitrogen and oxygen atoms in total. The molecule has 0 amide bonds. The lowest BCUT2D eigenvalue weighted by Gasteiger charge is -2.21. The van der Waals surface area contributed by atoms with Crippen molar-refractivity contribution in [2.75, 3.05) is 31.1 Å². The third-order valence-corrected chi connectivity index (χ3v) is 4.88. The first-order chi connectivity index (χ1) is 11.1. The lowest BCUT2D eigenvalue weighted by atomic mass is 10.0. The van der Waals surface area contributed by atoms with Crippen LogP contribution in [-0.4, -0.2) is 38.3 Å². The smallest absolute Gasteiger partial charge is 0.313 e. The Bertz CT molecular complexity index is 589. The molecule has 0 aliphatic carbocycles. The molecule has 1 fully saturated rings. The molecule has 124 valence electrons. The number of rotatable bonds is 5. The predicted molar refractivity (Wildman–Crippen MR) is 93.2 cm³/mol. The Hall–Kier alpha value is -1.52. The molecule has 2 atom stereocenters. The Labute approximate surface area is 142 Å². The molecular weight excluding hydrogens is 312 g/mol. The summed E-state index contributed by atoms with van der Waals surface area (Å²) in [6, 6.07) is 6.15. The zero-order valence-electron chi connectivity index (χ0n) is 13.4. The molecule has 23 heavy (non-hydrogen) atoms. The monoisotopic (exact) mass is 334 g/mol. The standard InChI is InChI=1S/C18H23ClN2O2/c1-13(18(22)23-12-15-5-4-8-20-15)14-6-7-17(16(19)11-14)21-9-2-3-10-21/h2-3,6-7,11,13,15,20H,4-5,8-10,12H2,1H3. The van der Waals surface area contributed by atoms with Crippen LogP contribution in [0.2, 0.25) is 5.02 Å². The van der Waals surface area contributed by atoms with Crippen LogP contribution in [0.25, 0.3) is 0 Å². The zero-order valence-corrected chi connectivity index (χ0v) is 14.2. The second kappa shape index (κ2) is 7.37. The molecule has 0 bridgehead atoms. The Morgan fingerprint density at radius 1 is 1.43 bits per heavy atom. The van der Waals surface area contributed by atoms with Crippen LogP contribution in [0.15, 0.2) is 30.4 Å². The summed E-state index contributed by atoms with van der Waals surface area (Å²) in [5, 5.41) is 4.01. The van der Waals surface area contributed by atoms with E-state index in [9.17, 15) is 4.79 Å². The number of nitrogens with one attached hydrogen (secondary N) is 1. The van der Waals surface area contributed by atoms with E-state index in [0.717, 1.165) is 43.7 Å². The lowest BCUT2D eigenvalue weighted by Crippen LogP contribution is -2.29. The van der Waals surface area contributed by atoms with Crippen LogP contribution in [0.1, 0.15) is 31.2 Å². The van der Waals surface area contributed by atoms with Gasteiger partial charge in [0.05, 0.1) is 16.6 Å². The van der Waals surface area contributed by atoms with Crippen molar-refractivity contribution >= 4 is 23.3 Å². The maximum atomic E-state index is 12.2. The van der Waals surface area contributed by atoms with E-state index in [1.165, 1.54) is 0 Å². The summed E-state index contributed by atoms with van der Waals surface area (Å²) in [7, 11) is 0. The Morgan fingerprint density at radius 3 is 2.87 bits per heavy atom. The van der Waals surface area contributed by atoms with Crippen LogP contribution >= 0.6 is 11.6 Å². The van der Waals surface area contributed by atoms with Crippen molar-refractivity contribution in [3.05, 3.63) is 40.9 Å². The van der Waals surface area contributed by atoms with Crippen molar-refractivity contribution in [1.82, 2.24) is 5.32 Å². The predicted octanol–water partition coefficient (Wildman–Crippen LogP) is 3.11. The van der Waals surface area contributed by atoms with Crippen LogP contribution in [-0.2, 0) is 9.53 Å². The topological polar surface area (TPSA) is 41.6 Å². The zero-order chi connectivity index (χ0) is 16.2. The number of benzene rings is 1. The fourth-order valence-electron chi connectivity index (χ4n) is 3.07. The van der Waals surface area contributed by atoms with Crippen molar-refractivity contribution < 1.29 is 9.53 Å². The van der Waals surface area contributed by atoms with Crippen LogP contribution < -0.4 is 10.2 Å². The fraction of sp³-hybridized carbons (Fsp3) is 0.500. The lowest BCUT2D eigenvalue weighted by molar-refractivity contribution is -0.145. The highest BCUT2D eigenvalue weighted by molar-refractivity contribution is 6.33. The van der Waals surface area contributed by atoms with Gasteiger partial charge in [0.2, 0.25) is 0 Å². The van der Waals surface area contributed by atoms with Gasteiger partial charge < -0.3 is 15.0 Å². The summed E-state index contributed by atoms with van der Waals surface area (Å²) in [5.74, 6) is -0.495. The van der Waals surface area contributed by atoms with Gasteiger partial charge in [-0.25, -0.2) is 0 Å². The molecule has 2 aliphatic rings. The van der Waals surface area contributed by atoms with E-state index in [2.05, 4.69) is 22.4 Å². The van der Waals surface area contributed by atoms with Crippen LogP contribution in [0.5, 0.6) is 0 Å². The van der Waals surface area contributed by atoms with E-state index in [1.807, 2.05) is 25.1 Å². The molecule has 1 aromatic rings. The van der Waals surface area contributed by atoms with Gasteiger partial charge in [0.25, 0.3) is 0 Å². The Kier molecular flexibility index (Phi) is 5.23. The maximum absolute atomic E-state index is 12.2. The highest BCUT2D eigenvalue weighted by Crippen LogP contribution is 2.31. The first-order valence-corrected chi connectivity index (χ1v) is 8.62.